The predicted molar refractivity (Wildman–Crippen MR) is 119 cm³/mol. The molecule has 0 amide bonds. The fourth-order valence-electron chi connectivity index (χ4n) is 3.75. The molecule has 0 spiro atoms. The molecule has 2 heterocycles. The molecular formula is C26H22F2N2O4. The fourth-order valence-corrected chi connectivity index (χ4v) is 3.75. The minimum absolute atomic E-state index is 0.00581. The summed E-state index contributed by atoms with van der Waals surface area (Å²) in [5.74, 6) is -3.51. The van der Waals surface area contributed by atoms with Crippen LogP contribution in [-0.2, 0) is 39.8 Å². The van der Waals surface area contributed by atoms with E-state index in [1.807, 2.05) is 18.2 Å². The third kappa shape index (κ3) is 5.21. The molecule has 0 saturated carbocycles. The molecule has 0 saturated heterocycles. The van der Waals surface area contributed by atoms with Crippen LogP contribution in [0, 0.1) is 11.3 Å². The van der Waals surface area contributed by atoms with Crippen LogP contribution in [0.1, 0.15) is 34.7 Å². The lowest BCUT2D eigenvalue weighted by molar-refractivity contribution is -0.142. The van der Waals surface area contributed by atoms with Crippen LogP contribution in [0.25, 0.3) is 11.3 Å². The van der Waals surface area contributed by atoms with E-state index in [1.165, 1.54) is 12.1 Å². The number of benzene rings is 2. The van der Waals surface area contributed by atoms with Crippen LogP contribution < -0.4 is 4.74 Å². The fraction of sp³-hybridized carbons (Fsp3) is 0.269. The third-order valence-corrected chi connectivity index (χ3v) is 5.42. The Kier molecular flexibility index (Phi) is 6.85. The van der Waals surface area contributed by atoms with Crippen molar-refractivity contribution in [2.45, 2.75) is 32.5 Å². The lowest BCUT2D eigenvalue weighted by atomic mass is 9.99. The number of rotatable bonds is 3. The summed E-state index contributed by atoms with van der Waals surface area (Å²) in [5.41, 5.74) is 2.58. The summed E-state index contributed by atoms with van der Waals surface area (Å²) >= 11 is 0. The second-order valence-electron chi connectivity index (χ2n) is 7.80. The van der Waals surface area contributed by atoms with Crippen molar-refractivity contribution in [3.05, 3.63) is 82.4 Å². The number of alkyl halides is 2. The van der Waals surface area contributed by atoms with Crippen LogP contribution in [0.15, 0.2) is 54.6 Å². The highest BCUT2D eigenvalue weighted by Crippen LogP contribution is 2.34. The van der Waals surface area contributed by atoms with Gasteiger partial charge < -0.3 is 14.2 Å². The van der Waals surface area contributed by atoms with E-state index in [9.17, 15) is 10.1 Å². The van der Waals surface area contributed by atoms with Crippen molar-refractivity contribution in [1.29, 1.82) is 5.26 Å². The van der Waals surface area contributed by atoms with Gasteiger partial charge in [-0.3, -0.25) is 4.79 Å². The molecule has 0 radical (unpaired) electrons. The normalized spacial score (nSPS) is 14.6. The molecule has 0 atom stereocenters. The maximum atomic E-state index is 15.2. The van der Waals surface area contributed by atoms with E-state index in [0.29, 0.717) is 16.8 Å². The number of hydrogen-bond donors (Lipinski definition) is 0. The molecule has 34 heavy (non-hydrogen) atoms. The number of nitrogens with zero attached hydrogens (tertiary/aromatic N) is 2. The molecule has 2 aromatic carbocycles. The van der Waals surface area contributed by atoms with Gasteiger partial charge in [0.2, 0.25) is 5.88 Å². The second-order valence-corrected chi connectivity index (χ2v) is 7.80. The van der Waals surface area contributed by atoms with Crippen LogP contribution in [0.3, 0.4) is 0 Å². The maximum Gasteiger partial charge on any atom is 0.310 e. The molecule has 174 valence electrons. The molecule has 4 bridgehead atoms. The van der Waals surface area contributed by atoms with E-state index < -0.39 is 18.5 Å². The van der Waals surface area contributed by atoms with Gasteiger partial charge in [0.1, 0.15) is 13.2 Å². The largest absolute Gasteiger partial charge is 0.473 e. The van der Waals surface area contributed by atoms with Gasteiger partial charge >= 0.3 is 5.97 Å². The Morgan fingerprint density at radius 1 is 1.15 bits per heavy atom. The number of ether oxygens (including phenoxy) is 3. The molecule has 1 aliphatic rings. The van der Waals surface area contributed by atoms with Gasteiger partial charge in [-0.15, -0.1) is 0 Å². The van der Waals surface area contributed by atoms with Crippen LogP contribution in [0.5, 0.6) is 5.88 Å². The summed E-state index contributed by atoms with van der Waals surface area (Å²) in [6.45, 7) is 0.781. The lowest BCUT2D eigenvalue weighted by Crippen LogP contribution is -2.24. The number of esters is 1. The molecule has 0 unspecified atom stereocenters. The molecule has 0 fully saturated rings. The van der Waals surface area contributed by atoms with Crippen molar-refractivity contribution in [1.82, 2.24) is 4.98 Å². The van der Waals surface area contributed by atoms with Gasteiger partial charge in [-0.2, -0.15) is 14.0 Å². The molecule has 6 nitrogen and oxygen atoms in total. The smallest absolute Gasteiger partial charge is 0.310 e. The van der Waals surface area contributed by atoms with E-state index in [4.69, 9.17) is 14.2 Å². The number of nitriles is 1. The summed E-state index contributed by atoms with van der Waals surface area (Å²) in [6, 6.07) is 16.5. The monoisotopic (exact) mass is 464 g/mol. The van der Waals surface area contributed by atoms with E-state index in [2.05, 4.69) is 4.98 Å². The Morgan fingerprint density at radius 2 is 2.00 bits per heavy atom. The molecule has 3 aromatic rings. The zero-order valence-electron chi connectivity index (χ0n) is 18.5. The minimum atomic E-state index is -3.37. The Labute approximate surface area is 195 Å². The first-order valence-corrected chi connectivity index (χ1v) is 10.8. The van der Waals surface area contributed by atoms with E-state index in [1.54, 1.807) is 31.2 Å². The third-order valence-electron chi connectivity index (χ3n) is 5.42. The summed E-state index contributed by atoms with van der Waals surface area (Å²) in [5, 5.41) is 9.19. The van der Waals surface area contributed by atoms with Crippen LogP contribution in [0.4, 0.5) is 8.78 Å². The van der Waals surface area contributed by atoms with Crippen molar-refractivity contribution >= 4 is 5.97 Å². The van der Waals surface area contributed by atoms with Gasteiger partial charge in [-0.1, -0.05) is 24.3 Å². The van der Waals surface area contributed by atoms with E-state index in [-0.39, 0.29) is 48.8 Å². The Bertz CT molecular complexity index is 1250. The predicted octanol–water partition coefficient (Wildman–Crippen LogP) is 4.93. The quantitative estimate of drug-likeness (QED) is 0.512. The topological polar surface area (TPSA) is 81.4 Å². The molecule has 8 heteroatoms. The van der Waals surface area contributed by atoms with Gasteiger partial charge in [-0.05, 0) is 47.9 Å². The summed E-state index contributed by atoms with van der Waals surface area (Å²) in [7, 11) is 0. The van der Waals surface area contributed by atoms with Crippen molar-refractivity contribution in [3.63, 3.8) is 0 Å². The number of aromatic nitrogens is 1. The number of hydrogen-bond acceptors (Lipinski definition) is 6. The Balaban J connectivity index is 1.76. The average molecular weight is 464 g/mol. The summed E-state index contributed by atoms with van der Waals surface area (Å²) in [4.78, 5) is 16.6. The van der Waals surface area contributed by atoms with Gasteiger partial charge in [0.15, 0.2) is 0 Å². The zero-order chi connectivity index (χ0) is 24.1. The first-order valence-electron chi connectivity index (χ1n) is 10.8. The van der Waals surface area contributed by atoms with Crippen LogP contribution in [0.2, 0.25) is 0 Å². The van der Waals surface area contributed by atoms with Crippen LogP contribution in [-0.4, -0.2) is 24.2 Å². The number of pyridine rings is 1. The van der Waals surface area contributed by atoms with Crippen LogP contribution >= 0.6 is 0 Å². The molecule has 0 aliphatic carbocycles. The standard InChI is InChI=1S/C26H22F2N2O4/c1-2-33-25(31)12-18-8-9-19-11-21(18)14-32-16-26(27,28)22-10-17(13-29)6-7-20(22)15-34-24-5-3-4-23(19)30-24/h3-11H,2,12,14-16H2,1H3. The molecule has 0 N–H and O–H groups in total. The summed E-state index contributed by atoms with van der Waals surface area (Å²) < 4.78 is 46.6. The number of halogens is 2. The van der Waals surface area contributed by atoms with E-state index in [0.717, 1.165) is 11.6 Å². The van der Waals surface area contributed by atoms with Gasteiger partial charge in [0.05, 0.1) is 37.0 Å². The van der Waals surface area contributed by atoms with Gasteiger partial charge in [0, 0.05) is 17.2 Å². The summed E-state index contributed by atoms with van der Waals surface area (Å²) in [6.07, 6.45) is -0.00581. The molecular weight excluding hydrogens is 442 g/mol. The minimum Gasteiger partial charge on any atom is -0.473 e. The second kappa shape index (κ2) is 9.98. The number of carbonyl (C=O) groups excluding carboxylic acids is 1. The molecule has 1 aromatic heterocycles. The molecule has 4 rings (SSSR count). The first-order chi connectivity index (χ1) is 16.4. The zero-order valence-corrected chi connectivity index (χ0v) is 18.5. The number of fused-ring (bicyclic) bond motifs is 6. The Morgan fingerprint density at radius 3 is 2.79 bits per heavy atom. The average Bonchev–Trinajstić information content (AvgIpc) is 2.83. The highest BCUT2D eigenvalue weighted by atomic mass is 19.3. The van der Waals surface area contributed by atoms with Crippen molar-refractivity contribution < 1.29 is 27.8 Å². The van der Waals surface area contributed by atoms with Crippen molar-refractivity contribution in [3.8, 4) is 23.2 Å². The molecule has 1 aliphatic heterocycles. The van der Waals surface area contributed by atoms with Gasteiger partial charge in [-0.25, -0.2) is 4.98 Å². The highest BCUT2D eigenvalue weighted by molar-refractivity contribution is 5.74. The highest BCUT2D eigenvalue weighted by Gasteiger charge is 2.35. The van der Waals surface area contributed by atoms with Crippen molar-refractivity contribution in [2.24, 2.45) is 0 Å². The first kappa shape index (κ1) is 23.3. The SMILES string of the molecule is CCOC(=O)Cc1ccc2cc1COCC(F)(F)c1cc(C#N)ccc1COc1cccc-2n1. The lowest BCUT2D eigenvalue weighted by Gasteiger charge is -2.22. The number of carbonyl (C=O) groups is 1. The van der Waals surface area contributed by atoms with Crippen molar-refractivity contribution in [2.75, 3.05) is 13.2 Å². The van der Waals surface area contributed by atoms with E-state index >= 15 is 8.78 Å². The Hall–Kier alpha value is -3.83. The van der Waals surface area contributed by atoms with Gasteiger partial charge in [0.25, 0.3) is 5.92 Å². The maximum absolute atomic E-state index is 15.2.